The Bertz CT molecular complexity index is 362. The molecular weight excluding hydrogens is 277 g/mol. The van der Waals surface area contributed by atoms with Gasteiger partial charge in [0.2, 0.25) is 0 Å². The third-order valence-electron chi connectivity index (χ3n) is 2.80. The predicted octanol–water partition coefficient (Wildman–Crippen LogP) is 4.36. The van der Waals surface area contributed by atoms with Crippen molar-refractivity contribution in [3.63, 3.8) is 0 Å². The molecular formula is C14H18ClF3O. The lowest BCUT2D eigenvalue weighted by Gasteiger charge is -2.15. The largest absolute Gasteiger partial charge is 0.411 e. The molecule has 5 heteroatoms. The Labute approximate surface area is 116 Å². The summed E-state index contributed by atoms with van der Waals surface area (Å²) in [5.41, 5.74) is 2.33. The molecule has 0 aromatic heterocycles. The number of halogens is 4. The molecule has 0 amide bonds. The predicted molar refractivity (Wildman–Crippen MR) is 70.6 cm³/mol. The molecule has 0 aliphatic heterocycles. The molecule has 1 unspecified atom stereocenters. The van der Waals surface area contributed by atoms with Crippen molar-refractivity contribution in [3.8, 4) is 0 Å². The van der Waals surface area contributed by atoms with Crippen molar-refractivity contribution >= 4 is 11.6 Å². The summed E-state index contributed by atoms with van der Waals surface area (Å²) in [6.45, 7) is 0.906. The third kappa shape index (κ3) is 7.43. The van der Waals surface area contributed by atoms with Crippen LogP contribution >= 0.6 is 11.6 Å². The summed E-state index contributed by atoms with van der Waals surface area (Å²) in [6.07, 6.45) is -2.96. The highest BCUT2D eigenvalue weighted by atomic mass is 35.5. The minimum Gasteiger partial charge on any atom is -0.372 e. The maximum atomic E-state index is 11.9. The third-order valence-corrected chi connectivity index (χ3v) is 3.24. The van der Waals surface area contributed by atoms with Gasteiger partial charge in [0.05, 0.1) is 0 Å². The smallest absolute Gasteiger partial charge is 0.372 e. The monoisotopic (exact) mass is 294 g/mol. The second kappa shape index (κ2) is 7.75. The maximum Gasteiger partial charge on any atom is 0.411 e. The molecule has 0 aliphatic carbocycles. The highest BCUT2D eigenvalue weighted by molar-refractivity contribution is 6.18. The number of rotatable bonds is 7. The number of alkyl halides is 4. The van der Waals surface area contributed by atoms with Crippen LogP contribution < -0.4 is 0 Å². The zero-order valence-electron chi connectivity index (χ0n) is 10.8. The first kappa shape index (κ1) is 16.3. The molecule has 1 aromatic carbocycles. The van der Waals surface area contributed by atoms with E-state index in [0.29, 0.717) is 12.3 Å². The molecule has 0 radical (unpaired) electrons. The Hall–Kier alpha value is -0.740. The van der Waals surface area contributed by atoms with Crippen LogP contribution in [-0.4, -0.2) is 25.3 Å². The summed E-state index contributed by atoms with van der Waals surface area (Å²) in [4.78, 5) is 0. The Morgan fingerprint density at radius 1 is 1.21 bits per heavy atom. The Balaban J connectivity index is 2.31. The van der Waals surface area contributed by atoms with Crippen molar-refractivity contribution in [1.82, 2.24) is 0 Å². The van der Waals surface area contributed by atoms with E-state index in [1.165, 1.54) is 5.56 Å². The van der Waals surface area contributed by atoms with E-state index < -0.39 is 12.8 Å². The van der Waals surface area contributed by atoms with Gasteiger partial charge in [-0.1, -0.05) is 29.8 Å². The molecule has 0 bridgehead atoms. The van der Waals surface area contributed by atoms with E-state index in [-0.39, 0.29) is 12.5 Å². The van der Waals surface area contributed by atoms with Gasteiger partial charge in [-0.15, -0.1) is 11.6 Å². The zero-order valence-corrected chi connectivity index (χ0v) is 11.6. The van der Waals surface area contributed by atoms with Gasteiger partial charge in [-0.2, -0.15) is 13.2 Å². The van der Waals surface area contributed by atoms with E-state index >= 15 is 0 Å². The standard InChI is InChI=1S/C14H18ClF3O/c1-11-2-4-12(5-3-11)8-13(9-15)6-7-19-10-14(16,17)18/h2-5,13H,6-10H2,1H3. The summed E-state index contributed by atoms with van der Waals surface area (Å²) in [7, 11) is 0. The van der Waals surface area contributed by atoms with Crippen LogP contribution in [0.1, 0.15) is 17.5 Å². The van der Waals surface area contributed by atoms with Crippen LogP contribution in [0.25, 0.3) is 0 Å². The summed E-state index contributed by atoms with van der Waals surface area (Å²) >= 11 is 5.84. The number of hydrogen-bond acceptors (Lipinski definition) is 1. The van der Waals surface area contributed by atoms with Crippen LogP contribution in [0.3, 0.4) is 0 Å². The Morgan fingerprint density at radius 3 is 2.37 bits per heavy atom. The van der Waals surface area contributed by atoms with E-state index in [0.717, 1.165) is 12.0 Å². The molecule has 19 heavy (non-hydrogen) atoms. The van der Waals surface area contributed by atoms with Gasteiger partial charge in [0.1, 0.15) is 6.61 Å². The van der Waals surface area contributed by atoms with Crippen molar-refractivity contribution in [1.29, 1.82) is 0 Å². The molecule has 1 nitrogen and oxygen atoms in total. The molecule has 0 fully saturated rings. The molecule has 1 atom stereocenters. The summed E-state index contributed by atoms with van der Waals surface area (Å²) in [5.74, 6) is 0.557. The lowest BCUT2D eigenvalue weighted by molar-refractivity contribution is -0.174. The van der Waals surface area contributed by atoms with E-state index in [1.807, 2.05) is 31.2 Å². The molecule has 108 valence electrons. The van der Waals surface area contributed by atoms with Gasteiger partial charge in [0, 0.05) is 12.5 Å². The van der Waals surface area contributed by atoms with Crippen molar-refractivity contribution in [2.75, 3.05) is 19.1 Å². The van der Waals surface area contributed by atoms with E-state index in [4.69, 9.17) is 11.6 Å². The lowest BCUT2D eigenvalue weighted by Crippen LogP contribution is -2.19. The molecule has 0 spiro atoms. The first-order chi connectivity index (χ1) is 8.90. The summed E-state index contributed by atoms with van der Waals surface area (Å²) in [5, 5.41) is 0. The van der Waals surface area contributed by atoms with Gasteiger partial charge in [-0.25, -0.2) is 0 Å². The molecule has 0 saturated heterocycles. The van der Waals surface area contributed by atoms with Crippen LogP contribution in [0.4, 0.5) is 13.2 Å². The normalized spacial score (nSPS) is 13.5. The maximum absolute atomic E-state index is 11.9. The van der Waals surface area contributed by atoms with Crippen LogP contribution in [-0.2, 0) is 11.2 Å². The fourth-order valence-corrected chi connectivity index (χ4v) is 1.99. The average Bonchev–Trinajstić information content (AvgIpc) is 2.34. The van der Waals surface area contributed by atoms with Crippen molar-refractivity contribution < 1.29 is 17.9 Å². The minimum absolute atomic E-state index is 0.0861. The number of ether oxygens (including phenoxy) is 1. The highest BCUT2D eigenvalue weighted by Crippen LogP contribution is 2.17. The lowest BCUT2D eigenvalue weighted by atomic mass is 9.98. The summed E-state index contributed by atoms with van der Waals surface area (Å²) < 4.78 is 40.3. The van der Waals surface area contributed by atoms with E-state index in [9.17, 15) is 13.2 Å². The SMILES string of the molecule is Cc1ccc(CC(CCl)CCOCC(F)(F)F)cc1. The second-order valence-electron chi connectivity index (χ2n) is 4.67. The number of benzene rings is 1. The fraction of sp³-hybridized carbons (Fsp3) is 0.571. The van der Waals surface area contributed by atoms with Crippen molar-refractivity contribution in [2.45, 2.75) is 25.9 Å². The van der Waals surface area contributed by atoms with Gasteiger partial charge in [0.25, 0.3) is 0 Å². The second-order valence-corrected chi connectivity index (χ2v) is 4.98. The van der Waals surface area contributed by atoms with Gasteiger partial charge in [-0.05, 0) is 31.2 Å². The van der Waals surface area contributed by atoms with Crippen molar-refractivity contribution in [2.24, 2.45) is 5.92 Å². The molecule has 1 aromatic rings. The van der Waals surface area contributed by atoms with Crippen LogP contribution in [0.2, 0.25) is 0 Å². The Kier molecular flexibility index (Phi) is 6.66. The minimum atomic E-state index is -4.26. The fourth-order valence-electron chi connectivity index (χ4n) is 1.73. The van der Waals surface area contributed by atoms with Gasteiger partial charge in [-0.3, -0.25) is 0 Å². The molecule has 0 aliphatic rings. The molecule has 1 rings (SSSR count). The quantitative estimate of drug-likeness (QED) is 0.536. The van der Waals surface area contributed by atoms with Crippen molar-refractivity contribution in [3.05, 3.63) is 35.4 Å². The molecule has 0 N–H and O–H groups in total. The molecule has 0 saturated carbocycles. The highest BCUT2D eigenvalue weighted by Gasteiger charge is 2.27. The van der Waals surface area contributed by atoms with Gasteiger partial charge < -0.3 is 4.74 Å². The van der Waals surface area contributed by atoms with E-state index in [1.54, 1.807) is 0 Å². The van der Waals surface area contributed by atoms with Gasteiger partial charge in [0.15, 0.2) is 0 Å². The number of hydrogen-bond donors (Lipinski definition) is 0. The number of aryl methyl sites for hydroxylation is 1. The summed E-state index contributed by atoms with van der Waals surface area (Å²) in [6, 6.07) is 8.07. The van der Waals surface area contributed by atoms with Crippen LogP contribution in [0.5, 0.6) is 0 Å². The first-order valence-electron chi connectivity index (χ1n) is 6.16. The Morgan fingerprint density at radius 2 is 1.84 bits per heavy atom. The van der Waals surface area contributed by atoms with E-state index in [2.05, 4.69) is 4.74 Å². The van der Waals surface area contributed by atoms with Gasteiger partial charge >= 0.3 is 6.18 Å². The van der Waals surface area contributed by atoms with Crippen LogP contribution in [0.15, 0.2) is 24.3 Å². The topological polar surface area (TPSA) is 9.23 Å². The van der Waals surface area contributed by atoms with Crippen LogP contribution in [0, 0.1) is 12.8 Å². The molecule has 0 heterocycles. The first-order valence-corrected chi connectivity index (χ1v) is 6.70. The average molecular weight is 295 g/mol. The zero-order chi connectivity index (χ0) is 14.3.